The van der Waals surface area contributed by atoms with Gasteiger partial charge in [0.05, 0.1) is 24.4 Å². The van der Waals surface area contributed by atoms with Crippen LogP contribution in [0.1, 0.15) is 17.3 Å². The number of ether oxygens (including phenoxy) is 2. The molecule has 6 heteroatoms. The predicted octanol–water partition coefficient (Wildman–Crippen LogP) is 1.14. The second-order valence-corrected chi connectivity index (χ2v) is 4.40. The minimum Gasteiger partial charge on any atom is -0.478 e. The van der Waals surface area contributed by atoms with Crippen LogP contribution in [0.4, 0.5) is 5.69 Å². The molecule has 0 aliphatic carbocycles. The Morgan fingerprint density at radius 1 is 1.42 bits per heavy atom. The van der Waals surface area contributed by atoms with Gasteiger partial charge in [0.15, 0.2) is 0 Å². The molecule has 0 spiro atoms. The number of likely N-dealkylation sites (N-methyl/N-ethyl adjacent to an activating group) is 1. The molecule has 6 nitrogen and oxygen atoms in total. The van der Waals surface area contributed by atoms with Crippen LogP contribution < -0.4 is 9.64 Å². The zero-order chi connectivity index (χ0) is 14.2. The van der Waals surface area contributed by atoms with Crippen LogP contribution in [0.25, 0.3) is 0 Å². The molecule has 1 aromatic carbocycles. The molecule has 0 saturated carbocycles. The summed E-state index contributed by atoms with van der Waals surface area (Å²) in [6.45, 7) is 1.76. The summed E-state index contributed by atoms with van der Waals surface area (Å²) in [6, 6.07) is 4.43. The average Bonchev–Trinajstić information content (AvgIpc) is 2.41. The van der Waals surface area contributed by atoms with Gasteiger partial charge in [0.2, 0.25) is 6.10 Å². The van der Waals surface area contributed by atoms with E-state index in [9.17, 15) is 9.59 Å². The third kappa shape index (κ3) is 2.21. The lowest BCUT2D eigenvalue weighted by Gasteiger charge is -2.37. The normalized spacial score (nSPS) is 21.3. The summed E-state index contributed by atoms with van der Waals surface area (Å²) in [4.78, 5) is 24.4. The molecule has 19 heavy (non-hydrogen) atoms. The van der Waals surface area contributed by atoms with Crippen molar-refractivity contribution in [2.75, 3.05) is 19.1 Å². The van der Waals surface area contributed by atoms with E-state index in [1.807, 2.05) is 0 Å². The first kappa shape index (κ1) is 13.2. The second kappa shape index (κ2) is 4.79. The Labute approximate surface area is 110 Å². The van der Waals surface area contributed by atoms with Crippen LogP contribution in [0.3, 0.4) is 0 Å². The van der Waals surface area contributed by atoms with Gasteiger partial charge in [0.25, 0.3) is 0 Å². The summed E-state index contributed by atoms with van der Waals surface area (Å²) in [5.74, 6) is -1.01. The molecule has 1 aliphatic rings. The first-order valence-electron chi connectivity index (χ1n) is 5.80. The zero-order valence-electron chi connectivity index (χ0n) is 10.9. The Hall–Kier alpha value is -2.24. The molecule has 2 atom stereocenters. The number of hydrogen-bond acceptors (Lipinski definition) is 5. The summed E-state index contributed by atoms with van der Waals surface area (Å²) in [7, 11) is 3.08. The maximum Gasteiger partial charge on any atom is 0.347 e. The van der Waals surface area contributed by atoms with E-state index < -0.39 is 18.0 Å². The van der Waals surface area contributed by atoms with Gasteiger partial charge in [-0.3, -0.25) is 0 Å². The molecular formula is C13H15NO5. The fraction of sp³-hybridized carbons (Fsp3) is 0.385. The Morgan fingerprint density at radius 2 is 2.11 bits per heavy atom. The lowest BCUT2D eigenvalue weighted by atomic mass is 10.1. The topological polar surface area (TPSA) is 76.1 Å². The maximum atomic E-state index is 11.5. The van der Waals surface area contributed by atoms with Crippen LogP contribution in [0.5, 0.6) is 5.75 Å². The fourth-order valence-electron chi connectivity index (χ4n) is 2.05. The molecule has 0 amide bonds. The summed E-state index contributed by atoms with van der Waals surface area (Å²) in [6.07, 6.45) is -0.929. The van der Waals surface area contributed by atoms with Gasteiger partial charge in [-0.05, 0) is 25.1 Å². The van der Waals surface area contributed by atoms with E-state index in [4.69, 9.17) is 9.84 Å². The molecular weight excluding hydrogens is 250 g/mol. The van der Waals surface area contributed by atoms with Crippen molar-refractivity contribution >= 4 is 17.6 Å². The quantitative estimate of drug-likeness (QED) is 0.808. The van der Waals surface area contributed by atoms with E-state index in [1.54, 1.807) is 37.1 Å². The third-order valence-electron chi connectivity index (χ3n) is 3.31. The van der Waals surface area contributed by atoms with Crippen molar-refractivity contribution < 1.29 is 24.2 Å². The third-order valence-corrected chi connectivity index (χ3v) is 3.31. The molecule has 0 saturated heterocycles. The van der Waals surface area contributed by atoms with Crippen LogP contribution >= 0.6 is 0 Å². The molecule has 1 aliphatic heterocycles. The van der Waals surface area contributed by atoms with Crippen molar-refractivity contribution in [3.8, 4) is 5.75 Å². The fourth-order valence-corrected chi connectivity index (χ4v) is 2.05. The summed E-state index contributed by atoms with van der Waals surface area (Å²) >= 11 is 0. The van der Waals surface area contributed by atoms with Gasteiger partial charge >= 0.3 is 11.9 Å². The second-order valence-electron chi connectivity index (χ2n) is 4.40. The molecule has 0 bridgehead atoms. The summed E-state index contributed by atoms with van der Waals surface area (Å²) in [5, 5.41) is 9.11. The smallest absolute Gasteiger partial charge is 0.347 e. The van der Waals surface area contributed by atoms with E-state index in [-0.39, 0.29) is 6.04 Å². The van der Waals surface area contributed by atoms with Crippen molar-refractivity contribution in [1.29, 1.82) is 0 Å². The van der Waals surface area contributed by atoms with Crippen LogP contribution in [0, 0.1) is 0 Å². The number of anilines is 1. The molecule has 2 unspecified atom stereocenters. The van der Waals surface area contributed by atoms with Crippen molar-refractivity contribution in [3.63, 3.8) is 0 Å². The molecule has 0 fully saturated rings. The number of carboxylic acids is 1. The Kier molecular flexibility index (Phi) is 3.33. The van der Waals surface area contributed by atoms with E-state index in [0.717, 1.165) is 0 Å². The Morgan fingerprint density at radius 3 is 2.68 bits per heavy atom. The predicted molar refractivity (Wildman–Crippen MR) is 67.7 cm³/mol. The molecule has 1 heterocycles. The van der Waals surface area contributed by atoms with E-state index in [0.29, 0.717) is 17.0 Å². The van der Waals surface area contributed by atoms with Crippen molar-refractivity contribution in [2.24, 2.45) is 0 Å². The number of nitrogens with zero attached hydrogens (tertiary/aromatic N) is 1. The minimum absolute atomic E-state index is 0.335. The highest BCUT2D eigenvalue weighted by molar-refractivity contribution is 5.91. The molecule has 2 rings (SSSR count). The summed E-state index contributed by atoms with van der Waals surface area (Å²) < 4.78 is 10.1. The van der Waals surface area contributed by atoms with E-state index >= 15 is 0 Å². The number of aliphatic carboxylic acids is 1. The number of methoxy groups -OCH3 is 1. The minimum atomic E-state index is -1.01. The lowest BCUT2D eigenvalue weighted by Crippen LogP contribution is -2.50. The summed E-state index contributed by atoms with van der Waals surface area (Å²) in [5.41, 5.74) is 1.07. The molecule has 0 aromatic heterocycles. The number of benzene rings is 1. The molecule has 102 valence electrons. The van der Waals surface area contributed by atoms with Gasteiger partial charge in [-0.15, -0.1) is 0 Å². The van der Waals surface area contributed by atoms with Crippen LogP contribution in [0.15, 0.2) is 18.2 Å². The SMILES string of the molecule is COC(=O)c1ccc2c(c1)N(C)C(C)C(C(=O)O)O2. The van der Waals surface area contributed by atoms with Gasteiger partial charge in [0.1, 0.15) is 5.75 Å². The molecule has 1 N–H and O–H groups in total. The number of rotatable bonds is 2. The van der Waals surface area contributed by atoms with Gasteiger partial charge in [0, 0.05) is 7.05 Å². The van der Waals surface area contributed by atoms with Crippen LogP contribution in [0.2, 0.25) is 0 Å². The van der Waals surface area contributed by atoms with E-state index in [1.165, 1.54) is 7.11 Å². The average molecular weight is 265 g/mol. The Balaban J connectivity index is 2.42. The monoisotopic (exact) mass is 265 g/mol. The number of carboxylic acid groups (broad SMARTS) is 1. The highest BCUT2D eigenvalue weighted by Gasteiger charge is 2.36. The number of hydrogen-bond donors (Lipinski definition) is 1. The largest absolute Gasteiger partial charge is 0.478 e. The van der Waals surface area contributed by atoms with Crippen LogP contribution in [-0.2, 0) is 9.53 Å². The van der Waals surface area contributed by atoms with Crippen LogP contribution in [-0.4, -0.2) is 43.3 Å². The standard InChI is InChI=1S/C13H15NO5/c1-7-11(12(15)16)19-10-5-4-8(13(17)18-3)6-9(10)14(7)2/h4-7,11H,1-3H3,(H,15,16). The van der Waals surface area contributed by atoms with Gasteiger partial charge in [-0.25, -0.2) is 9.59 Å². The Bertz CT molecular complexity index is 528. The number of fused-ring (bicyclic) bond motifs is 1. The lowest BCUT2D eigenvalue weighted by molar-refractivity contribution is -0.146. The maximum absolute atomic E-state index is 11.5. The first-order valence-corrected chi connectivity index (χ1v) is 5.80. The van der Waals surface area contributed by atoms with Gasteiger partial charge in [-0.1, -0.05) is 0 Å². The van der Waals surface area contributed by atoms with Crippen molar-refractivity contribution in [1.82, 2.24) is 0 Å². The van der Waals surface area contributed by atoms with Crippen molar-refractivity contribution in [2.45, 2.75) is 19.1 Å². The van der Waals surface area contributed by atoms with E-state index in [2.05, 4.69) is 4.74 Å². The highest BCUT2D eigenvalue weighted by Crippen LogP contribution is 2.36. The van der Waals surface area contributed by atoms with Gasteiger partial charge in [-0.2, -0.15) is 0 Å². The first-order chi connectivity index (χ1) is 8.95. The van der Waals surface area contributed by atoms with Gasteiger partial charge < -0.3 is 19.5 Å². The zero-order valence-corrected chi connectivity index (χ0v) is 10.9. The number of esters is 1. The molecule has 0 radical (unpaired) electrons. The number of carbonyl (C=O) groups is 2. The van der Waals surface area contributed by atoms with Crippen molar-refractivity contribution in [3.05, 3.63) is 23.8 Å². The molecule has 1 aromatic rings. The number of carbonyl (C=O) groups excluding carboxylic acids is 1. The highest BCUT2D eigenvalue weighted by atomic mass is 16.5.